The summed E-state index contributed by atoms with van der Waals surface area (Å²) in [6, 6.07) is 27.4. The molecule has 0 bridgehead atoms. The second-order valence-corrected chi connectivity index (χ2v) is 5.53. The monoisotopic (exact) mass is 298 g/mol. The molecular formula is C22H18O. The molecule has 0 aromatic heterocycles. The van der Waals surface area contributed by atoms with E-state index in [0.29, 0.717) is 11.1 Å². The molecule has 23 heavy (non-hydrogen) atoms. The fraction of sp³-hybridized carbons (Fsp3) is 0.0455. The Kier molecular flexibility index (Phi) is 4.49. The Morgan fingerprint density at radius 2 is 1.22 bits per heavy atom. The summed E-state index contributed by atoms with van der Waals surface area (Å²) in [5.41, 5.74) is 4.58. The molecular weight excluding hydrogens is 280 g/mol. The van der Waals surface area contributed by atoms with Crippen molar-refractivity contribution in [2.45, 2.75) is 6.92 Å². The number of aryl methyl sites for hydroxylation is 1. The lowest BCUT2D eigenvalue weighted by atomic mass is 9.94. The first-order valence-corrected chi connectivity index (χ1v) is 7.67. The third-order valence-electron chi connectivity index (χ3n) is 3.75. The van der Waals surface area contributed by atoms with Crippen LogP contribution in [-0.2, 0) is 0 Å². The van der Waals surface area contributed by atoms with Crippen LogP contribution >= 0.6 is 0 Å². The van der Waals surface area contributed by atoms with Gasteiger partial charge in [-0.3, -0.25) is 4.79 Å². The first kappa shape index (κ1) is 15.0. The number of carbonyl (C=O) groups is 1. The molecule has 0 saturated carbocycles. The van der Waals surface area contributed by atoms with Crippen LogP contribution in [0.25, 0.3) is 11.6 Å². The predicted octanol–water partition coefficient (Wildman–Crippen LogP) is 5.42. The highest BCUT2D eigenvalue weighted by Crippen LogP contribution is 2.23. The van der Waals surface area contributed by atoms with Gasteiger partial charge in [0, 0.05) is 11.1 Å². The molecule has 0 aliphatic carbocycles. The molecule has 1 nitrogen and oxygen atoms in total. The molecule has 0 atom stereocenters. The van der Waals surface area contributed by atoms with Crippen LogP contribution in [0.3, 0.4) is 0 Å². The highest BCUT2D eigenvalue weighted by atomic mass is 16.1. The number of rotatable bonds is 4. The molecule has 3 aromatic carbocycles. The van der Waals surface area contributed by atoms with Crippen molar-refractivity contribution in [3.8, 4) is 0 Å². The van der Waals surface area contributed by atoms with Gasteiger partial charge in [0.2, 0.25) is 0 Å². The molecule has 0 spiro atoms. The fourth-order valence-electron chi connectivity index (χ4n) is 2.47. The minimum atomic E-state index is 0.0392. The third-order valence-corrected chi connectivity index (χ3v) is 3.75. The summed E-state index contributed by atoms with van der Waals surface area (Å²) in [4.78, 5) is 12.9. The van der Waals surface area contributed by atoms with Crippen LogP contribution in [0.4, 0.5) is 0 Å². The van der Waals surface area contributed by atoms with Crippen molar-refractivity contribution in [1.82, 2.24) is 0 Å². The molecule has 3 aromatic rings. The van der Waals surface area contributed by atoms with E-state index in [1.165, 1.54) is 5.56 Å². The summed E-state index contributed by atoms with van der Waals surface area (Å²) in [6.45, 7) is 2.06. The Bertz CT molecular complexity index is 813. The van der Waals surface area contributed by atoms with Crippen LogP contribution in [0, 0.1) is 6.92 Å². The first-order chi connectivity index (χ1) is 11.2. The number of benzene rings is 3. The molecule has 0 saturated heterocycles. The van der Waals surface area contributed by atoms with Gasteiger partial charge in [-0.2, -0.15) is 0 Å². The Hall–Kier alpha value is -2.93. The van der Waals surface area contributed by atoms with Gasteiger partial charge in [0.25, 0.3) is 0 Å². The zero-order valence-corrected chi connectivity index (χ0v) is 13.1. The maximum absolute atomic E-state index is 12.9. The largest absolute Gasteiger partial charge is 0.289 e. The summed E-state index contributed by atoms with van der Waals surface area (Å²) in [5.74, 6) is 0.0392. The summed E-state index contributed by atoms with van der Waals surface area (Å²) >= 11 is 0. The molecule has 0 N–H and O–H groups in total. The van der Waals surface area contributed by atoms with Crippen LogP contribution in [0.1, 0.15) is 27.0 Å². The molecule has 3 rings (SSSR count). The van der Waals surface area contributed by atoms with Gasteiger partial charge in [-0.25, -0.2) is 0 Å². The minimum absolute atomic E-state index is 0.0392. The fourth-order valence-corrected chi connectivity index (χ4v) is 2.47. The van der Waals surface area contributed by atoms with Gasteiger partial charge in [-0.15, -0.1) is 0 Å². The maximum atomic E-state index is 12.9. The van der Waals surface area contributed by atoms with E-state index in [4.69, 9.17) is 0 Å². The van der Waals surface area contributed by atoms with Gasteiger partial charge >= 0.3 is 0 Å². The van der Waals surface area contributed by atoms with Gasteiger partial charge in [-0.05, 0) is 24.1 Å². The van der Waals surface area contributed by atoms with Crippen molar-refractivity contribution in [3.05, 3.63) is 107 Å². The summed E-state index contributed by atoms with van der Waals surface area (Å²) in [5, 5.41) is 0. The van der Waals surface area contributed by atoms with E-state index in [1.807, 2.05) is 78.9 Å². The SMILES string of the molecule is Cc1ccc(/C=C(\C(=O)c2ccccc2)c2ccccc2)cc1. The lowest BCUT2D eigenvalue weighted by molar-refractivity contribution is 0.105. The lowest BCUT2D eigenvalue weighted by Gasteiger charge is -2.08. The van der Waals surface area contributed by atoms with E-state index >= 15 is 0 Å². The smallest absolute Gasteiger partial charge is 0.193 e. The number of hydrogen-bond acceptors (Lipinski definition) is 1. The number of Topliss-reactive ketones (excluding diaryl/α,β-unsaturated/α-hetero) is 1. The van der Waals surface area contributed by atoms with E-state index in [-0.39, 0.29) is 5.78 Å². The molecule has 0 unspecified atom stereocenters. The maximum Gasteiger partial charge on any atom is 0.193 e. The topological polar surface area (TPSA) is 17.1 Å². The average molecular weight is 298 g/mol. The van der Waals surface area contributed by atoms with Crippen LogP contribution in [0.15, 0.2) is 84.9 Å². The van der Waals surface area contributed by atoms with E-state index in [2.05, 4.69) is 19.1 Å². The number of hydrogen-bond donors (Lipinski definition) is 0. The predicted molar refractivity (Wildman–Crippen MR) is 96.3 cm³/mol. The number of allylic oxidation sites excluding steroid dienone is 1. The van der Waals surface area contributed by atoms with Crippen LogP contribution < -0.4 is 0 Å². The van der Waals surface area contributed by atoms with Gasteiger partial charge in [0.1, 0.15) is 0 Å². The summed E-state index contributed by atoms with van der Waals surface area (Å²) in [7, 11) is 0. The number of ketones is 1. The zero-order chi connectivity index (χ0) is 16.1. The standard InChI is InChI=1S/C22H18O/c1-17-12-14-18(15-13-17)16-21(19-8-4-2-5-9-19)22(23)20-10-6-3-7-11-20/h2-16H,1H3/b21-16-. The normalized spacial score (nSPS) is 11.3. The highest BCUT2D eigenvalue weighted by Gasteiger charge is 2.14. The van der Waals surface area contributed by atoms with E-state index in [9.17, 15) is 4.79 Å². The van der Waals surface area contributed by atoms with E-state index < -0.39 is 0 Å². The van der Waals surface area contributed by atoms with Gasteiger partial charge in [0.15, 0.2) is 5.78 Å². The van der Waals surface area contributed by atoms with E-state index in [1.54, 1.807) is 0 Å². The Morgan fingerprint density at radius 1 is 0.696 bits per heavy atom. The van der Waals surface area contributed by atoms with Gasteiger partial charge in [0.05, 0.1) is 0 Å². The molecule has 1 heteroatoms. The Balaban J connectivity index is 2.07. The summed E-state index contributed by atoms with van der Waals surface area (Å²) < 4.78 is 0. The van der Waals surface area contributed by atoms with Crippen LogP contribution in [-0.4, -0.2) is 5.78 Å². The molecule has 0 amide bonds. The van der Waals surface area contributed by atoms with Crippen molar-refractivity contribution in [2.24, 2.45) is 0 Å². The Morgan fingerprint density at radius 3 is 1.78 bits per heavy atom. The lowest BCUT2D eigenvalue weighted by Crippen LogP contribution is -2.02. The van der Waals surface area contributed by atoms with Crippen molar-refractivity contribution in [2.75, 3.05) is 0 Å². The van der Waals surface area contributed by atoms with Crippen LogP contribution in [0.2, 0.25) is 0 Å². The number of carbonyl (C=O) groups excluding carboxylic acids is 1. The molecule has 0 radical (unpaired) electrons. The first-order valence-electron chi connectivity index (χ1n) is 7.67. The molecule has 112 valence electrons. The molecule has 0 fully saturated rings. The summed E-state index contributed by atoms with van der Waals surface area (Å²) in [6.07, 6.45) is 1.96. The minimum Gasteiger partial charge on any atom is -0.289 e. The van der Waals surface area contributed by atoms with Gasteiger partial charge in [-0.1, -0.05) is 90.5 Å². The van der Waals surface area contributed by atoms with E-state index in [0.717, 1.165) is 11.1 Å². The second-order valence-electron chi connectivity index (χ2n) is 5.53. The third kappa shape index (κ3) is 3.64. The second kappa shape index (κ2) is 6.89. The average Bonchev–Trinajstić information content (AvgIpc) is 2.62. The van der Waals surface area contributed by atoms with Crippen molar-refractivity contribution in [1.29, 1.82) is 0 Å². The quantitative estimate of drug-likeness (QED) is 0.357. The Labute approximate surface area is 136 Å². The zero-order valence-electron chi connectivity index (χ0n) is 13.1. The van der Waals surface area contributed by atoms with Crippen LogP contribution in [0.5, 0.6) is 0 Å². The molecule has 0 heterocycles. The molecule has 0 aliphatic rings. The van der Waals surface area contributed by atoms with Crippen molar-refractivity contribution in [3.63, 3.8) is 0 Å². The van der Waals surface area contributed by atoms with Crippen molar-refractivity contribution >= 4 is 17.4 Å². The highest BCUT2D eigenvalue weighted by molar-refractivity contribution is 6.32. The van der Waals surface area contributed by atoms with Gasteiger partial charge < -0.3 is 0 Å². The van der Waals surface area contributed by atoms with Crippen molar-refractivity contribution < 1.29 is 4.79 Å². The molecule has 0 aliphatic heterocycles.